The van der Waals surface area contributed by atoms with Gasteiger partial charge in [0.05, 0.1) is 17.5 Å². The van der Waals surface area contributed by atoms with E-state index < -0.39 is 21.8 Å². The molecule has 0 bridgehead atoms. The highest BCUT2D eigenvalue weighted by Crippen LogP contribution is 2.18. The predicted molar refractivity (Wildman–Crippen MR) is 93.7 cm³/mol. The Hall–Kier alpha value is -2.23. The molecule has 1 saturated heterocycles. The van der Waals surface area contributed by atoms with E-state index in [1.54, 1.807) is 31.2 Å². The third-order valence-corrected chi connectivity index (χ3v) is 5.66. The van der Waals surface area contributed by atoms with Crippen molar-refractivity contribution in [3.63, 3.8) is 0 Å². The zero-order valence-electron chi connectivity index (χ0n) is 13.8. The van der Waals surface area contributed by atoms with Crippen molar-refractivity contribution in [3.8, 4) is 0 Å². The number of anilines is 1. The second kappa shape index (κ2) is 8.24. The second-order valence-corrected chi connectivity index (χ2v) is 8.05. The van der Waals surface area contributed by atoms with Crippen molar-refractivity contribution in [3.05, 3.63) is 35.9 Å². The largest absolute Gasteiger partial charge is 0.324 e. The van der Waals surface area contributed by atoms with E-state index in [4.69, 9.17) is 5.21 Å². The summed E-state index contributed by atoms with van der Waals surface area (Å²) in [5, 5.41) is 11.3. The molecule has 0 spiro atoms. The van der Waals surface area contributed by atoms with Crippen LogP contribution in [-0.2, 0) is 19.4 Å². The highest BCUT2D eigenvalue weighted by atomic mass is 32.2. The summed E-state index contributed by atoms with van der Waals surface area (Å²) >= 11 is 0. The van der Waals surface area contributed by atoms with E-state index >= 15 is 0 Å². The first kappa shape index (κ1) is 19.1. The Bertz CT molecular complexity index is 762. The number of hydrogen-bond acceptors (Lipinski definition) is 6. The Morgan fingerprint density at radius 2 is 1.88 bits per heavy atom. The van der Waals surface area contributed by atoms with Crippen LogP contribution in [0.3, 0.4) is 0 Å². The summed E-state index contributed by atoms with van der Waals surface area (Å²) in [5.74, 6) is -0.823. The fourth-order valence-corrected chi connectivity index (χ4v) is 3.71. The molecule has 8 nitrogen and oxygen atoms in total. The van der Waals surface area contributed by atoms with E-state index in [2.05, 4.69) is 5.32 Å². The molecule has 2 amide bonds. The number of nitrogens with one attached hydrogen (secondary N) is 2. The summed E-state index contributed by atoms with van der Waals surface area (Å²) in [4.78, 5) is 25.4. The molecule has 3 N–H and O–H groups in total. The molecule has 1 aromatic carbocycles. The number of carbonyl (C=O) groups is 2. The van der Waals surface area contributed by atoms with Gasteiger partial charge in [0.2, 0.25) is 5.91 Å². The molecule has 0 aliphatic carbocycles. The maximum absolute atomic E-state index is 12.5. The zero-order valence-corrected chi connectivity index (χ0v) is 14.6. The van der Waals surface area contributed by atoms with Gasteiger partial charge in [0.15, 0.2) is 9.84 Å². The summed E-state index contributed by atoms with van der Waals surface area (Å²) in [6, 6.07) is 6.44. The molecule has 1 fully saturated rings. The first-order valence-corrected chi connectivity index (χ1v) is 9.61. The summed E-state index contributed by atoms with van der Waals surface area (Å²) in [6.07, 6.45) is 2.61. The highest BCUT2D eigenvalue weighted by molar-refractivity contribution is 7.91. The molecule has 1 aliphatic heterocycles. The third-order valence-electron chi connectivity index (χ3n) is 4.05. The molecule has 1 heterocycles. The van der Waals surface area contributed by atoms with Gasteiger partial charge in [-0.1, -0.05) is 18.2 Å². The van der Waals surface area contributed by atoms with Crippen LogP contribution in [0.2, 0.25) is 0 Å². The Kier molecular flexibility index (Phi) is 6.29. The number of hydrogen-bond donors (Lipinski definition) is 3. The monoisotopic (exact) mass is 367 g/mol. The molecule has 0 saturated carbocycles. The van der Waals surface area contributed by atoms with Crippen molar-refractivity contribution in [1.82, 2.24) is 10.4 Å². The normalized spacial score (nSPS) is 18.6. The number of amides is 2. The average Bonchev–Trinajstić information content (AvgIpc) is 2.60. The molecule has 136 valence electrons. The number of nitrogens with zero attached hydrogens (tertiary/aromatic N) is 1. The molecule has 9 heteroatoms. The van der Waals surface area contributed by atoms with Gasteiger partial charge >= 0.3 is 0 Å². The van der Waals surface area contributed by atoms with E-state index in [9.17, 15) is 18.0 Å². The van der Waals surface area contributed by atoms with E-state index in [1.165, 1.54) is 11.6 Å². The lowest BCUT2D eigenvalue weighted by Gasteiger charge is -2.31. The SMILES string of the molecule is CC(C(=O)Nc1ccccc1C=CC(=O)NO)N1CCS(=O)(=O)CC1. The minimum atomic E-state index is -3.00. The van der Waals surface area contributed by atoms with Gasteiger partial charge in [-0.25, -0.2) is 13.9 Å². The topological polar surface area (TPSA) is 116 Å². The highest BCUT2D eigenvalue weighted by Gasteiger charge is 2.28. The van der Waals surface area contributed by atoms with Crippen LogP contribution in [0.4, 0.5) is 5.69 Å². The van der Waals surface area contributed by atoms with Crippen molar-refractivity contribution in [2.24, 2.45) is 0 Å². The van der Waals surface area contributed by atoms with Crippen molar-refractivity contribution in [2.45, 2.75) is 13.0 Å². The lowest BCUT2D eigenvalue weighted by molar-refractivity contribution is -0.124. The lowest BCUT2D eigenvalue weighted by atomic mass is 10.1. The standard InChI is InChI=1S/C16H21N3O5S/c1-12(19-8-10-25(23,24)11-9-19)16(21)17-14-5-3-2-4-13(14)6-7-15(20)18-22/h2-7,12,22H,8-11H2,1H3,(H,17,21)(H,18,20). The van der Waals surface area contributed by atoms with Gasteiger partial charge in [0.1, 0.15) is 0 Å². The second-order valence-electron chi connectivity index (χ2n) is 5.75. The van der Waals surface area contributed by atoms with Crippen molar-refractivity contribution < 1.29 is 23.2 Å². The Balaban J connectivity index is 2.05. The number of para-hydroxylation sites is 1. The Morgan fingerprint density at radius 3 is 2.52 bits per heavy atom. The molecule has 0 aromatic heterocycles. The molecule has 2 rings (SSSR count). The lowest BCUT2D eigenvalue weighted by Crippen LogP contribution is -2.49. The van der Waals surface area contributed by atoms with Gasteiger partial charge in [0, 0.05) is 24.9 Å². The number of hydroxylamine groups is 1. The van der Waals surface area contributed by atoms with Gasteiger partial charge in [-0.05, 0) is 24.6 Å². The van der Waals surface area contributed by atoms with Crippen LogP contribution < -0.4 is 10.8 Å². The fraction of sp³-hybridized carbons (Fsp3) is 0.375. The zero-order chi connectivity index (χ0) is 18.4. The number of rotatable bonds is 5. The van der Waals surface area contributed by atoms with Gasteiger partial charge in [-0.2, -0.15) is 0 Å². The van der Waals surface area contributed by atoms with E-state index in [0.29, 0.717) is 24.3 Å². The smallest absolute Gasteiger partial charge is 0.267 e. The summed E-state index contributed by atoms with van der Waals surface area (Å²) in [5.41, 5.74) is 2.62. The molecule has 1 atom stereocenters. The van der Waals surface area contributed by atoms with Crippen molar-refractivity contribution in [1.29, 1.82) is 0 Å². The van der Waals surface area contributed by atoms with Crippen LogP contribution in [0.25, 0.3) is 6.08 Å². The number of sulfone groups is 1. The maximum Gasteiger partial charge on any atom is 0.267 e. The van der Waals surface area contributed by atoms with Crippen molar-refractivity contribution in [2.75, 3.05) is 29.9 Å². The van der Waals surface area contributed by atoms with Crippen LogP contribution in [0, 0.1) is 0 Å². The molecular formula is C16H21N3O5S. The predicted octanol–water partition coefficient (Wildman–Crippen LogP) is 0.263. The van der Waals surface area contributed by atoms with Crippen LogP contribution in [-0.4, -0.2) is 61.0 Å². The van der Waals surface area contributed by atoms with Gasteiger partial charge in [-0.3, -0.25) is 19.7 Å². The summed E-state index contributed by atoms with van der Waals surface area (Å²) in [6.45, 7) is 2.38. The van der Waals surface area contributed by atoms with Crippen molar-refractivity contribution >= 4 is 33.4 Å². The van der Waals surface area contributed by atoms with E-state index in [1.807, 2.05) is 4.90 Å². The number of benzene rings is 1. The molecule has 1 unspecified atom stereocenters. The minimum Gasteiger partial charge on any atom is -0.324 e. The third kappa shape index (κ3) is 5.38. The fourth-order valence-electron chi connectivity index (χ4n) is 2.48. The van der Waals surface area contributed by atoms with Crippen LogP contribution in [0.1, 0.15) is 12.5 Å². The maximum atomic E-state index is 12.5. The average molecular weight is 367 g/mol. The van der Waals surface area contributed by atoms with Gasteiger partial charge in [0.25, 0.3) is 5.91 Å². The molecule has 1 aliphatic rings. The van der Waals surface area contributed by atoms with Crippen LogP contribution >= 0.6 is 0 Å². The molecule has 25 heavy (non-hydrogen) atoms. The molecular weight excluding hydrogens is 346 g/mol. The van der Waals surface area contributed by atoms with E-state index in [0.717, 1.165) is 6.08 Å². The summed E-state index contributed by atoms with van der Waals surface area (Å²) < 4.78 is 23.0. The Labute approximate surface area is 146 Å². The van der Waals surface area contributed by atoms with E-state index in [-0.39, 0.29) is 17.4 Å². The van der Waals surface area contributed by atoms with Crippen LogP contribution in [0.15, 0.2) is 30.3 Å². The van der Waals surface area contributed by atoms with Crippen LogP contribution in [0.5, 0.6) is 0 Å². The summed E-state index contributed by atoms with van der Waals surface area (Å²) in [7, 11) is -3.00. The first-order chi connectivity index (χ1) is 11.8. The minimum absolute atomic E-state index is 0.0558. The number of carbonyl (C=O) groups excluding carboxylic acids is 2. The van der Waals surface area contributed by atoms with Gasteiger partial charge in [-0.15, -0.1) is 0 Å². The molecule has 0 radical (unpaired) electrons. The Morgan fingerprint density at radius 1 is 1.24 bits per heavy atom. The quantitative estimate of drug-likeness (QED) is 0.391. The molecule has 1 aromatic rings. The van der Waals surface area contributed by atoms with Gasteiger partial charge < -0.3 is 5.32 Å². The first-order valence-electron chi connectivity index (χ1n) is 7.79.